The summed E-state index contributed by atoms with van der Waals surface area (Å²) in [5.74, 6) is 1.12. The Morgan fingerprint density at radius 3 is 2.47 bits per heavy atom. The highest BCUT2D eigenvalue weighted by Crippen LogP contribution is 2.19. The van der Waals surface area contributed by atoms with Crippen molar-refractivity contribution in [2.45, 2.75) is 52.0 Å². The maximum atomic E-state index is 12.0. The molecular weight excluding hydrogens is 304 g/mol. The average Bonchev–Trinajstić information content (AvgIpc) is 2.39. The molecule has 0 aromatic heterocycles. The Labute approximate surface area is 126 Å². The third kappa shape index (κ3) is 6.26. The molecule has 0 atom stereocenters. The number of unbranched alkanes of at least 4 members (excludes halogenated alkanes) is 1. The number of nitrogens with zero attached hydrogens (tertiary/aromatic N) is 2. The number of halogens is 1. The highest BCUT2D eigenvalue weighted by molar-refractivity contribution is 9.09. The number of carbonyl (C=O) groups is 1. The van der Waals surface area contributed by atoms with Crippen LogP contribution in [-0.4, -0.2) is 53.8 Å². The molecule has 112 valence electrons. The van der Waals surface area contributed by atoms with E-state index in [1.165, 1.54) is 19.4 Å². The predicted octanol–water partition coefficient (Wildman–Crippen LogP) is 3.13. The molecule has 1 aliphatic rings. The number of carbonyl (C=O) groups excluding carboxylic acids is 1. The van der Waals surface area contributed by atoms with Crippen LogP contribution in [0.2, 0.25) is 0 Å². The molecule has 0 spiro atoms. The highest BCUT2D eigenvalue weighted by Gasteiger charge is 2.23. The van der Waals surface area contributed by atoms with Crippen LogP contribution in [0.4, 0.5) is 0 Å². The third-order valence-electron chi connectivity index (χ3n) is 4.17. The molecular formula is C15H29BrN2O. The van der Waals surface area contributed by atoms with Gasteiger partial charge < -0.3 is 9.80 Å². The van der Waals surface area contributed by atoms with Crippen LogP contribution in [0, 0.1) is 5.92 Å². The Morgan fingerprint density at radius 1 is 1.32 bits per heavy atom. The van der Waals surface area contributed by atoms with Crippen LogP contribution < -0.4 is 0 Å². The van der Waals surface area contributed by atoms with Crippen molar-refractivity contribution >= 4 is 21.8 Å². The number of hydrogen-bond donors (Lipinski definition) is 0. The first-order chi connectivity index (χ1) is 9.04. The molecule has 0 radical (unpaired) electrons. The zero-order chi connectivity index (χ0) is 14.3. The lowest BCUT2D eigenvalue weighted by atomic mass is 9.95. The minimum absolute atomic E-state index is 0.358. The zero-order valence-corrected chi connectivity index (χ0v) is 14.3. The lowest BCUT2D eigenvalue weighted by Crippen LogP contribution is -2.42. The second kappa shape index (κ2) is 8.96. The number of likely N-dealkylation sites (tertiary alicyclic amines) is 1. The van der Waals surface area contributed by atoms with Gasteiger partial charge in [0.05, 0.1) is 0 Å². The van der Waals surface area contributed by atoms with Crippen LogP contribution in [0.25, 0.3) is 0 Å². The summed E-state index contributed by atoms with van der Waals surface area (Å²) in [6, 6.07) is 0.615. The maximum absolute atomic E-state index is 12.0. The van der Waals surface area contributed by atoms with Crippen LogP contribution in [0.3, 0.4) is 0 Å². The smallest absolute Gasteiger partial charge is 0.222 e. The van der Waals surface area contributed by atoms with E-state index in [1.807, 2.05) is 0 Å². The molecule has 1 heterocycles. The first kappa shape index (κ1) is 17.0. The molecule has 3 nitrogen and oxygen atoms in total. The van der Waals surface area contributed by atoms with E-state index in [-0.39, 0.29) is 0 Å². The second-order valence-electron chi connectivity index (χ2n) is 6.00. The van der Waals surface area contributed by atoms with Gasteiger partial charge in [-0.1, -0.05) is 15.9 Å². The van der Waals surface area contributed by atoms with Crippen molar-refractivity contribution in [3.8, 4) is 0 Å². The second-order valence-corrected chi connectivity index (χ2v) is 6.80. The SMILES string of the molecule is CC(C)N(C)CC1CCN(C(=O)CCCCBr)CC1. The number of hydrogen-bond acceptors (Lipinski definition) is 2. The van der Waals surface area contributed by atoms with E-state index >= 15 is 0 Å². The zero-order valence-electron chi connectivity index (χ0n) is 12.7. The third-order valence-corrected chi connectivity index (χ3v) is 4.73. The summed E-state index contributed by atoms with van der Waals surface area (Å²) in [7, 11) is 2.20. The molecule has 4 heteroatoms. The lowest BCUT2D eigenvalue weighted by Gasteiger charge is -2.35. The summed E-state index contributed by atoms with van der Waals surface area (Å²) in [6.07, 6.45) is 5.17. The van der Waals surface area contributed by atoms with Crippen LogP contribution in [0.5, 0.6) is 0 Å². The fourth-order valence-corrected chi connectivity index (χ4v) is 2.91. The largest absolute Gasteiger partial charge is 0.343 e. The molecule has 0 aliphatic carbocycles. The van der Waals surface area contributed by atoms with Crippen molar-refractivity contribution < 1.29 is 4.79 Å². The minimum atomic E-state index is 0.358. The summed E-state index contributed by atoms with van der Waals surface area (Å²) < 4.78 is 0. The quantitative estimate of drug-likeness (QED) is 0.528. The lowest BCUT2D eigenvalue weighted by molar-refractivity contribution is -0.132. The van der Waals surface area contributed by atoms with Gasteiger partial charge in [0.1, 0.15) is 0 Å². The molecule has 1 saturated heterocycles. The van der Waals surface area contributed by atoms with Gasteiger partial charge in [0.15, 0.2) is 0 Å². The summed E-state index contributed by atoms with van der Waals surface area (Å²) >= 11 is 3.41. The topological polar surface area (TPSA) is 23.6 Å². The predicted molar refractivity (Wildman–Crippen MR) is 84.7 cm³/mol. The van der Waals surface area contributed by atoms with Crippen molar-refractivity contribution in [3.05, 3.63) is 0 Å². The van der Waals surface area contributed by atoms with Gasteiger partial charge in [-0.05, 0) is 52.5 Å². The van der Waals surface area contributed by atoms with Crippen molar-refractivity contribution in [2.24, 2.45) is 5.92 Å². The molecule has 1 fully saturated rings. The summed E-state index contributed by atoms with van der Waals surface area (Å²) in [5.41, 5.74) is 0. The van der Waals surface area contributed by atoms with Crippen molar-refractivity contribution in [1.29, 1.82) is 0 Å². The molecule has 0 N–H and O–H groups in total. The van der Waals surface area contributed by atoms with E-state index in [9.17, 15) is 4.79 Å². The van der Waals surface area contributed by atoms with Gasteiger partial charge in [0.25, 0.3) is 0 Å². The van der Waals surface area contributed by atoms with Gasteiger partial charge in [-0.3, -0.25) is 4.79 Å². The van der Waals surface area contributed by atoms with Crippen molar-refractivity contribution in [1.82, 2.24) is 9.80 Å². The molecule has 1 rings (SSSR count). The van der Waals surface area contributed by atoms with Crippen LogP contribution >= 0.6 is 15.9 Å². The Hall–Kier alpha value is -0.0900. The van der Waals surface area contributed by atoms with Gasteiger partial charge >= 0.3 is 0 Å². The van der Waals surface area contributed by atoms with Gasteiger partial charge in [-0.25, -0.2) is 0 Å². The van der Waals surface area contributed by atoms with Gasteiger partial charge in [0, 0.05) is 37.4 Å². The maximum Gasteiger partial charge on any atom is 0.222 e. The summed E-state index contributed by atoms with van der Waals surface area (Å²) in [4.78, 5) is 16.5. The fraction of sp³-hybridized carbons (Fsp3) is 0.933. The Morgan fingerprint density at radius 2 is 1.95 bits per heavy atom. The molecule has 0 unspecified atom stereocenters. The van der Waals surface area contributed by atoms with E-state index in [4.69, 9.17) is 0 Å². The van der Waals surface area contributed by atoms with Crippen LogP contribution in [-0.2, 0) is 4.79 Å². The monoisotopic (exact) mass is 332 g/mol. The standard InChI is InChI=1S/C15H29BrN2O/c1-13(2)17(3)12-14-7-10-18(11-8-14)15(19)6-4-5-9-16/h13-14H,4-12H2,1-3H3. The summed E-state index contributed by atoms with van der Waals surface area (Å²) in [5, 5.41) is 1.00. The molecule has 0 aromatic rings. The molecule has 19 heavy (non-hydrogen) atoms. The molecule has 1 amide bonds. The first-order valence-electron chi connectivity index (χ1n) is 7.58. The van der Waals surface area contributed by atoms with Gasteiger partial charge in [-0.15, -0.1) is 0 Å². The van der Waals surface area contributed by atoms with Gasteiger partial charge in [0.2, 0.25) is 5.91 Å². The average molecular weight is 333 g/mol. The van der Waals surface area contributed by atoms with E-state index in [0.717, 1.165) is 43.6 Å². The van der Waals surface area contributed by atoms with E-state index in [2.05, 4.69) is 46.6 Å². The van der Waals surface area contributed by atoms with Crippen LogP contribution in [0.1, 0.15) is 46.0 Å². The number of rotatable bonds is 7. The first-order valence-corrected chi connectivity index (χ1v) is 8.70. The Bertz CT molecular complexity index is 263. The van der Waals surface area contributed by atoms with E-state index in [0.29, 0.717) is 11.9 Å². The number of alkyl halides is 1. The van der Waals surface area contributed by atoms with E-state index in [1.54, 1.807) is 0 Å². The highest BCUT2D eigenvalue weighted by atomic mass is 79.9. The normalized spacial score (nSPS) is 17.5. The summed E-state index contributed by atoms with van der Waals surface area (Å²) in [6.45, 7) is 7.57. The Balaban J connectivity index is 2.23. The molecule has 0 saturated carbocycles. The van der Waals surface area contributed by atoms with Crippen molar-refractivity contribution in [2.75, 3.05) is 32.0 Å². The van der Waals surface area contributed by atoms with Gasteiger partial charge in [-0.2, -0.15) is 0 Å². The fourth-order valence-electron chi connectivity index (χ4n) is 2.51. The Kier molecular flexibility index (Phi) is 8.00. The number of piperidine rings is 1. The molecule has 0 aromatic carbocycles. The number of amides is 1. The molecule has 1 aliphatic heterocycles. The van der Waals surface area contributed by atoms with Crippen LogP contribution in [0.15, 0.2) is 0 Å². The van der Waals surface area contributed by atoms with E-state index < -0.39 is 0 Å². The van der Waals surface area contributed by atoms with Crippen molar-refractivity contribution in [3.63, 3.8) is 0 Å². The molecule has 0 bridgehead atoms. The minimum Gasteiger partial charge on any atom is -0.343 e.